The average molecular weight is 540 g/mol. The number of hydrogen-bond donors (Lipinski definition) is 1. The molecule has 0 unspecified atom stereocenters. The van der Waals surface area contributed by atoms with Crippen LogP contribution in [0.5, 0.6) is 0 Å². The van der Waals surface area contributed by atoms with Crippen LogP contribution in [-0.2, 0) is 6.54 Å². The molecule has 40 heavy (non-hydrogen) atoms. The molecule has 2 amide bonds. The number of urea groups is 1. The molecule has 4 aromatic carbocycles. The standard InChI is InChI=1S/C34H35F2N3O/c35-31-8-3-25(4-9-31)27-13-17-38(18-14-27)23-24-1-2-30-22-33(12-7-29(30)21-24)37-34(40)39-19-15-28(16-20-39)26-5-10-32(36)11-6-26/h1-12,21-22,27-28H,13-20,23H2,(H,37,40). The summed E-state index contributed by atoms with van der Waals surface area (Å²) in [5.41, 5.74) is 4.47. The molecular weight excluding hydrogens is 504 g/mol. The number of halogens is 2. The van der Waals surface area contributed by atoms with Gasteiger partial charge in [0.2, 0.25) is 0 Å². The second-order valence-corrected chi connectivity index (χ2v) is 11.2. The highest BCUT2D eigenvalue weighted by Gasteiger charge is 2.24. The Morgan fingerprint density at radius 3 is 1.80 bits per heavy atom. The molecule has 0 radical (unpaired) electrons. The Hall–Kier alpha value is -3.77. The predicted molar refractivity (Wildman–Crippen MR) is 157 cm³/mol. The molecule has 2 saturated heterocycles. The largest absolute Gasteiger partial charge is 0.324 e. The number of piperidine rings is 2. The van der Waals surface area contributed by atoms with Crippen LogP contribution in [0.15, 0.2) is 84.9 Å². The summed E-state index contributed by atoms with van der Waals surface area (Å²) in [6.45, 7) is 4.36. The lowest BCUT2D eigenvalue weighted by Crippen LogP contribution is -2.40. The maximum atomic E-state index is 13.3. The predicted octanol–water partition coefficient (Wildman–Crippen LogP) is 7.91. The highest BCUT2D eigenvalue weighted by molar-refractivity contribution is 5.93. The van der Waals surface area contributed by atoms with Crippen LogP contribution in [0.4, 0.5) is 19.3 Å². The van der Waals surface area contributed by atoms with E-state index in [0.29, 0.717) is 24.9 Å². The van der Waals surface area contributed by atoms with Crippen LogP contribution in [0.2, 0.25) is 0 Å². The van der Waals surface area contributed by atoms with Gasteiger partial charge in [0.05, 0.1) is 0 Å². The molecule has 2 heterocycles. The van der Waals surface area contributed by atoms with E-state index >= 15 is 0 Å². The number of rotatable bonds is 5. The summed E-state index contributed by atoms with van der Waals surface area (Å²) < 4.78 is 26.5. The minimum Gasteiger partial charge on any atom is -0.324 e. The molecule has 6 rings (SSSR count). The molecule has 0 bridgehead atoms. The average Bonchev–Trinajstić information content (AvgIpc) is 2.98. The minimum absolute atomic E-state index is 0.0717. The number of benzene rings is 4. The molecular formula is C34H35F2N3O. The summed E-state index contributed by atoms with van der Waals surface area (Å²) >= 11 is 0. The molecule has 2 aliphatic rings. The van der Waals surface area contributed by atoms with Crippen molar-refractivity contribution in [3.8, 4) is 0 Å². The molecule has 0 aliphatic carbocycles. The van der Waals surface area contributed by atoms with E-state index in [2.05, 4.69) is 34.5 Å². The Morgan fingerprint density at radius 2 is 1.20 bits per heavy atom. The van der Waals surface area contributed by atoms with E-state index in [4.69, 9.17) is 0 Å². The van der Waals surface area contributed by atoms with Crippen LogP contribution in [-0.4, -0.2) is 42.0 Å². The molecule has 0 atom stereocenters. The van der Waals surface area contributed by atoms with Gasteiger partial charge in [-0.1, -0.05) is 42.5 Å². The highest BCUT2D eigenvalue weighted by atomic mass is 19.1. The third-order valence-corrected chi connectivity index (χ3v) is 8.61. The number of fused-ring (bicyclic) bond motifs is 1. The van der Waals surface area contributed by atoms with Crippen LogP contribution in [0.1, 0.15) is 54.2 Å². The fourth-order valence-electron chi connectivity index (χ4n) is 6.24. The first kappa shape index (κ1) is 26.5. The molecule has 206 valence electrons. The van der Waals surface area contributed by atoms with Crippen molar-refractivity contribution in [1.29, 1.82) is 0 Å². The van der Waals surface area contributed by atoms with E-state index < -0.39 is 0 Å². The zero-order valence-corrected chi connectivity index (χ0v) is 22.7. The summed E-state index contributed by atoms with van der Waals surface area (Å²) in [5.74, 6) is 0.474. The first-order chi connectivity index (χ1) is 19.5. The lowest BCUT2D eigenvalue weighted by Gasteiger charge is -2.32. The monoisotopic (exact) mass is 539 g/mol. The molecule has 4 aromatic rings. The van der Waals surface area contributed by atoms with E-state index in [-0.39, 0.29) is 17.7 Å². The van der Waals surface area contributed by atoms with Crippen LogP contribution in [0.3, 0.4) is 0 Å². The number of amides is 2. The summed E-state index contributed by atoms with van der Waals surface area (Å²) in [6.07, 6.45) is 3.94. The molecule has 2 fully saturated rings. The Labute approximate surface area is 234 Å². The maximum absolute atomic E-state index is 13.3. The van der Waals surface area contributed by atoms with Gasteiger partial charge in [0.25, 0.3) is 0 Å². The Kier molecular flexibility index (Phi) is 7.78. The lowest BCUT2D eigenvalue weighted by molar-refractivity contribution is 0.194. The van der Waals surface area contributed by atoms with Crippen molar-refractivity contribution in [3.05, 3.63) is 113 Å². The summed E-state index contributed by atoms with van der Waals surface area (Å²) in [5, 5.41) is 5.34. The topological polar surface area (TPSA) is 35.6 Å². The molecule has 0 saturated carbocycles. The van der Waals surface area contributed by atoms with Crippen molar-refractivity contribution < 1.29 is 13.6 Å². The van der Waals surface area contributed by atoms with Crippen molar-refractivity contribution in [2.24, 2.45) is 0 Å². The second kappa shape index (κ2) is 11.8. The highest BCUT2D eigenvalue weighted by Crippen LogP contribution is 2.30. The van der Waals surface area contributed by atoms with Crippen LogP contribution in [0.25, 0.3) is 10.8 Å². The number of nitrogens with zero attached hydrogens (tertiary/aromatic N) is 2. The van der Waals surface area contributed by atoms with Crippen molar-refractivity contribution in [1.82, 2.24) is 9.80 Å². The van der Waals surface area contributed by atoms with Crippen LogP contribution in [0, 0.1) is 11.6 Å². The van der Waals surface area contributed by atoms with Gasteiger partial charge in [-0.05, 0) is 121 Å². The number of anilines is 1. The van der Waals surface area contributed by atoms with Gasteiger partial charge >= 0.3 is 6.03 Å². The van der Waals surface area contributed by atoms with E-state index in [1.807, 2.05) is 41.3 Å². The summed E-state index contributed by atoms with van der Waals surface area (Å²) in [6, 6.07) is 26.3. The molecule has 1 N–H and O–H groups in total. The van der Waals surface area contributed by atoms with Gasteiger partial charge < -0.3 is 10.2 Å². The van der Waals surface area contributed by atoms with Crippen LogP contribution >= 0.6 is 0 Å². The van der Waals surface area contributed by atoms with Crippen molar-refractivity contribution >= 4 is 22.5 Å². The van der Waals surface area contributed by atoms with Crippen molar-refractivity contribution in [3.63, 3.8) is 0 Å². The number of nitrogens with one attached hydrogen (secondary N) is 1. The third-order valence-electron chi connectivity index (χ3n) is 8.61. The molecule has 0 aromatic heterocycles. The maximum Gasteiger partial charge on any atom is 0.321 e. The zero-order chi connectivity index (χ0) is 27.5. The van der Waals surface area contributed by atoms with Gasteiger partial charge in [-0.15, -0.1) is 0 Å². The lowest BCUT2D eigenvalue weighted by atomic mass is 9.89. The van der Waals surface area contributed by atoms with Gasteiger partial charge in [0.1, 0.15) is 11.6 Å². The number of carbonyl (C=O) groups is 1. The molecule has 4 nitrogen and oxygen atoms in total. The molecule has 6 heteroatoms. The van der Waals surface area contributed by atoms with Gasteiger partial charge in [0, 0.05) is 25.3 Å². The van der Waals surface area contributed by atoms with Gasteiger partial charge in [-0.25, -0.2) is 13.6 Å². The van der Waals surface area contributed by atoms with Gasteiger partial charge in [-0.2, -0.15) is 0 Å². The van der Waals surface area contributed by atoms with Gasteiger partial charge in [0.15, 0.2) is 0 Å². The SMILES string of the molecule is O=C(Nc1ccc2cc(CN3CCC(c4ccc(F)cc4)CC3)ccc2c1)N1CCC(c2ccc(F)cc2)CC1. The fourth-order valence-corrected chi connectivity index (χ4v) is 6.24. The van der Waals surface area contributed by atoms with Crippen molar-refractivity contribution in [2.75, 3.05) is 31.5 Å². The Morgan fingerprint density at radius 1 is 0.675 bits per heavy atom. The quantitative estimate of drug-likeness (QED) is 0.280. The molecule has 0 spiro atoms. The fraction of sp³-hybridized carbons (Fsp3) is 0.324. The first-order valence-electron chi connectivity index (χ1n) is 14.3. The Bertz CT molecular complexity index is 1460. The number of likely N-dealkylation sites (tertiary alicyclic amines) is 2. The minimum atomic E-state index is -0.216. The summed E-state index contributed by atoms with van der Waals surface area (Å²) in [7, 11) is 0. The van der Waals surface area contributed by atoms with Gasteiger partial charge in [-0.3, -0.25) is 4.90 Å². The van der Waals surface area contributed by atoms with Crippen molar-refractivity contribution in [2.45, 2.75) is 44.1 Å². The number of carbonyl (C=O) groups excluding carboxylic acids is 1. The number of hydrogen-bond acceptors (Lipinski definition) is 2. The van der Waals surface area contributed by atoms with E-state index in [1.165, 1.54) is 23.3 Å². The normalized spacial score (nSPS) is 17.3. The summed E-state index contributed by atoms with van der Waals surface area (Å²) in [4.78, 5) is 17.3. The zero-order valence-electron chi connectivity index (χ0n) is 22.7. The Balaban J connectivity index is 1.01. The van der Waals surface area contributed by atoms with Crippen LogP contribution < -0.4 is 5.32 Å². The smallest absolute Gasteiger partial charge is 0.321 e. The third kappa shape index (κ3) is 6.18. The molecule has 2 aliphatic heterocycles. The first-order valence-corrected chi connectivity index (χ1v) is 14.3. The van der Waals surface area contributed by atoms with E-state index in [9.17, 15) is 13.6 Å². The van der Waals surface area contributed by atoms with E-state index in [0.717, 1.165) is 67.3 Å². The second-order valence-electron chi connectivity index (χ2n) is 11.2. The van der Waals surface area contributed by atoms with E-state index in [1.54, 1.807) is 12.1 Å².